The molecule has 4 nitrogen and oxygen atoms in total. The first-order chi connectivity index (χ1) is 8.71. The summed E-state index contributed by atoms with van der Waals surface area (Å²) in [5.74, 6) is 2.39. The Hall–Kier alpha value is -1.75. The standard InChI is InChI=1S/C13H14BrN3O/c1-15-12-4-3-5-13(17-12)16-10-6-9(14)7-11(8-10)18-2/h3-8H,1-2H3,(H2,15,16,17). The number of ether oxygens (including phenoxy) is 1. The minimum Gasteiger partial charge on any atom is -0.497 e. The lowest BCUT2D eigenvalue weighted by Gasteiger charge is -2.09. The van der Waals surface area contributed by atoms with Crippen LogP contribution in [0.1, 0.15) is 0 Å². The van der Waals surface area contributed by atoms with Crippen molar-refractivity contribution in [3.8, 4) is 5.75 Å². The van der Waals surface area contributed by atoms with E-state index in [-0.39, 0.29) is 0 Å². The summed E-state index contributed by atoms with van der Waals surface area (Å²) in [5, 5.41) is 6.24. The van der Waals surface area contributed by atoms with Gasteiger partial charge in [-0.2, -0.15) is 0 Å². The molecular weight excluding hydrogens is 294 g/mol. The number of benzene rings is 1. The molecule has 0 amide bonds. The Bertz CT molecular complexity index is 546. The molecule has 0 atom stereocenters. The SMILES string of the molecule is CNc1cccc(Nc2cc(Br)cc(OC)c2)n1. The van der Waals surface area contributed by atoms with Gasteiger partial charge in [0.05, 0.1) is 7.11 Å². The zero-order chi connectivity index (χ0) is 13.0. The van der Waals surface area contributed by atoms with Crippen LogP contribution in [0.3, 0.4) is 0 Å². The molecule has 2 N–H and O–H groups in total. The van der Waals surface area contributed by atoms with Crippen molar-refractivity contribution in [2.45, 2.75) is 0 Å². The van der Waals surface area contributed by atoms with Crippen LogP contribution in [0.15, 0.2) is 40.9 Å². The van der Waals surface area contributed by atoms with Crippen LogP contribution >= 0.6 is 15.9 Å². The van der Waals surface area contributed by atoms with Crippen LogP contribution in [0.2, 0.25) is 0 Å². The highest BCUT2D eigenvalue weighted by Crippen LogP contribution is 2.26. The zero-order valence-corrected chi connectivity index (χ0v) is 11.8. The van der Waals surface area contributed by atoms with E-state index in [0.29, 0.717) is 0 Å². The Morgan fingerprint density at radius 1 is 1.17 bits per heavy atom. The van der Waals surface area contributed by atoms with Gasteiger partial charge in [0.15, 0.2) is 0 Å². The third kappa shape index (κ3) is 3.13. The first-order valence-corrected chi connectivity index (χ1v) is 6.27. The van der Waals surface area contributed by atoms with Gasteiger partial charge in [0.25, 0.3) is 0 Å². The second-order valence-corrected chi connectivity index (χ2v) is 4.58. The van der Waals surface area contributed by atoms with Crippen molar-refractivity contribution in [1.82, 2.24) is 4.98 Å². The topological polar surface area (TPSA) is 46.2 Å². The molecule has 0 fully saturated rings. The van der Waals surface area contributed by atoms with Crippen molar-refractivity contribution >= 4 is 33.3 Å². The van der Waals surface area contributed by atoms with E-state index >= 15 is 0 Å². The quantitative estimate of drug-likeness (QED) is 0.905. The molecule has 1 aromatic carbocycles. The fraction of sp³-hybridized carbons (Fsp3) is 0.154. The van der Waals surface area contributed by atoms with Crippen molar-refractivity contribution in [3.63, 3.8) is 0 Å². The fourth-order valence-electron chi connectivity index (χ4n) is 1.54. The molecule has 0 aliphatic heterocycles. The Kier molecular flexibility index (Phi) is 4.04. The van der Waals surface area contributed by atoms with Gasteiger partial charge in [0, 0.05) is 23.3 Å². The minimum atomic E-state index is 0.780. The summed E-state index contributed by atoms with van der Waals surface area (Å²) in [6.07, 6.45) is 0. The van der Waals surface area contributed by atoms with Gasteiger partial charge in [-0.05, 0) is 24.3 Å². The lowest BCUT2D eigenvalue weighted by molar-refractivity contribution is 0.415. The summed E-state index contributed by atoms with van der Waals surface area (Å²) >= 11 is 3.44. The largest absolute Gasteiger partial charge is 0.497 e. The number of rotatable bonds is 4. The van der Waals surface area contributed by atoms with E-state index in [9.17, 15) is 0 Å². The molecule has 0 unspecified atom stereocenters. The minimum absolute atomic E-state index is 0.780. The Labute approximate surface area is 115 Å². The third-order valence-corrected chi connectivity index (χ3v) is 2.84. The summed E-state index contributed by atoms with van der Waals surface area (Å²) in [4.78, 5) is 4.39. The average molecular weight is 308 g/mol. The first-order valence-electron chi connectivity index (χ1n) is 5.47. The third-order valence-electron chi connectivity index (χ3n) is 2.38. The van der Waals surface area contributed by atoms with Crippen LogP contribution in [0.5, 0.6) is 5.75 Å². The van der Waals surface area contributed by atoms with Crippen LogP contribution in [0.4, 0.5) is 17.3 Å². The summed E-state index contributed by atoms with van der Waals surface area (Å²) in [5.41, 5.74) is 0.918. The maximum Gasteiger partial charge on any atom is 0.132 e. The van der Waals surface area contributed by atoms with Gasteiger partial charge >= 0.3 is 0 Å². The smallest absolute Gasteiger partial charge is 0.132 e. The number of nitrogens with zero attached hydrogens (tertiary/aromatic N) is 1. The molecular formula is C13H14BrN3O. The average Bonchev–Trinajstić information content (AvgIpc) is 2.38. The van der Waals surface area contributed by atoms with Crippen molar-refractivity contribution in [2.75, 3.05) is 24.8 Å². The van der Waals surface area contributed by atoms with E-state index < -0.39 is 0 Å². The molecule has 94 valence electrons. The Morgan fingerprint density at radius 3 is 2.67 bits per heavy atom. The highest BCUT2D eigenvalue weighted by Gasteiger charge is 2.01. The number of nitrogens with one attached hydrogen (secondary N) is 2. The molecule has 1 aromatic heterocycles. The molecule has 5 heteroatoms. The van der Waals surface area contributed by atoms with Gasteiger partial charge in [-0.25, -0.2) is 4.98 Å². The Morgan fingerprint density at radius 2 is 1.94 bits per heavy atom. The number of hydrogen-bond donors (Lipinski definition) is 2. The van der Waals surface area contributed by atoms with E-state index in [0.717, 1.165) is 27.5 Å². The number of hydrogen-bond acceptors (Lipinski definition) is 4. The predicted molar refractivity (Wildman–Crippen MR) is 77.8 cm³/mol. The van der Waals surface area contributed by atoms with Gasteiger partial charge in [-0.1, -0.05) is 22.0 Å². The molecule has 0 aliphatic carbocycles. The van der Waals surface area contributed by atoms with Crippen molar-refractivity contribution < 1.29 is 4.74 Å². The monoisotopic (exact) mass is 307 g/mol. The molecule has 0 saturated heterocycles. The van der Waals surface area contributed by atoms with E-state index in [1.165, 1.54) is 0 Å². The first kappa shape index (κ1) is 12.7. The molecule has 1 heterocycles. The van der Waals surface area contributed by atoms with Crippen LogP contribution in [-0.2, 0) is 0 Å². The van der Waals surface area contributed by atoms with Gasteiger partial charge < -0.3 is 15.4 Å². The second-order valence-electron chi connectivity index (χ2n) is 3.66. The van der Waals surface area contributed by atoms with Crippen LogP contribution < -0.4 is 15.4 Å². The van der Waals surface area contributed by atoms with E-state index in [1.807, 2.05) is 43.4 Å². The predicted octanol–water partition coefficient (Wildman–Crippen LogP) is 3.64. The highest BCUT2D eigenvalue weighted by molar-refractivity contribution is 9.10. The summed E-state index contributed by atoms with van der Waals surface area (Å²) < 4.78 is 6.17. The lowest BCUT2D eigenvalue weighted by atomic mass is 10.3. The molecule has 2 rings (SSSR count). The number of pyridine rings is 1. The molecule has 2 aromatic rings. The maximum absolute atomic E-state index is 5.22. The second kappa shape index (κ2) is 5.73. The summed E-state index contributed by atoms with van der Waals surface area (Å²) in [6, 6.07) is 11.6. The van der Waals surface area contributed by atoms with E-state index in [1.54, 1.807) is 7.11 Å². The van der Waals surface area contributed by atoms with Gasteiger partial charge in [-0.3, -0.25) is 0 Å². The lowest BCUT2D eigenvalue weighted by Crippen LogP contribution is -1.97. The molecule has 0 radical (unpaired) electrons. The van der Waals surface area contributed by atoms with Crippen LogP contribution in [0, 0.1) is 0 Å². The molecule has 0 bridgehead atoms. The van der Waals surface area contributed by atoms with E-state index in [2.05, 4.69) is 31.5 Å². The van der Waals surface area contributed by atoms with Crippen molar-refractivity contribution in [3.05, 3.63) is 40.9 Å². The molecule has 0 spiro atoms. The van der Waals surface area contributed by atoms with Gasteiger partial charge in [0.2, 0.25) is 0 Å². The van der Waals surface area contributed by atoms with E-state index in [4.69, 9.17) is 4.74 Å². The van der Waals surface area contributed by atoms with Gasteiger partial charge in [0.1, 0.15) is 17.4 Å². The number of anilines is 3. The zero-order valence-electron chi connectivity index (χ0n) is 10.2. The number of halogens is 1. The highest BCUT2D eigenvalue weighted by atomic mass is 79.9. The number of aromatic nitrogens is 1. The van der Waals surface area contributed by atoms with Crippen LogP contribution in [0.25, 0.3) is 0 Å². The normalized spacial score (nSPS) is 9.94. The Balaban J connectivity index is 2.24. The molecule has 18 heavy (non-hydrogen) atoms. The van der Waals surface area contributed by atoms with Crippen LogP contribution in [-0.4, -0.2) is 19.1 Å². The van der Waals surface area contributed by atoms with Crippen molar-refractivity contribution in [1.29, 1.82) is 0 Å². The molecule has 0 aliphatic rings. The molecule has 0 saturated carbocycles. The fourth-order valence-corrected chi connectivity index (χ4v) is 2.02. The van der Waals surface area contributed by atoms with Crippen molar-refractivity contribution in [2.24, 2.45) is 0 Å². The maximum atomic E-state index is 5.22. The summed E-state index contributed by atoms with van der Waals surface area (Å²) in [7, 11) is 3.49. The summed E-state index contributed by atoms with van der Waals surface area (Å²) in [6.45, 7) is 0. The van der Waals surface area contributed by atoms with Gasteiger partial charge in [-0.15, -0.1) is 0 Å². The number of methoxy groups -OCH3 is 1.